The topological polar surface area (TPSA) is 72.2 Å². The fourth-order valence-corrected chi connectivity index (χ4v) is 1.04. The number of benzene rings is 1. The van der Waals surface area contributed by atoms with Crippen LogP contribution in [0.3, 0.4) is 0 Å². The molecule has 0 fully saturated rings. The first-order chi connectivity index (χ1) is 7.13. The maximum atomic E-state index is 10.8. The van der Waals surface area contributed by atoms with Gasteiger partial charge in [-0.3, -0.25) is 14.9 Å². The van der Waals surface area contributed by atoms with Gasteiger partial charge in [-0.05, 0) is 11.6 Å². The van der Waals surface area contributed by atoms with Crippen LogP contribution >= 0.6 is 0 Å². The average molecular weight is 206 g/mol. The van der Waals surface area contributed by atoms with Crippen LogP contribution in [0.1, 0.15) is 5.56 Å². The second-order valence-electron chi connectivity index (χ2n) is 2.85. The third kappa shape index (κ3) is 3.22. The predicted octanol–water partition coefficient (Wildman–Crippen LogP) is 1.40. The molecule has 0 saturated carbocycles. The van der Waals surface area contributed by atoms with E-state index in [4.69, 9.17) is 0 Å². The van der Waals surface area contributed by atoms with Crippen LogP contribution in [0.15, 0.2) is 36.9 Å². The number of non-ortho nitro benzene ring substituents is 1. The molecule has 0 bridgehead atoms. The van der Waals surface area contributed by atoms with Crippen molar-refractivity contribution in [1.29, 1.82) is 0 Å². The van der Waals surface area contributed by atoms with E-state index < -0.39 is 4.92 Å². The molecular weight excluding hydrogens is 196 g/mol. The van der Waals surface area contributed by atoms with Crippen molar-refractivity contribution in [2.45, 2.75) is 6.54 Å². The summed E-state index contributed by atoms with van der Waals surface area (Å²) in [7, 11) is 0. The van der Waals surface area contributed by atoms with Gasteiger partial charge in [-0.2, -0.15) is 0 Å². The van der Waals surface area contributed by atoms with Crippen LogP contribution in [0.4, 0.5) is 5.69 Å². The highest BCUT2D eigenvalue weighted by molar-refractivity contribution is 5.86. The number of nitrogens with zero attached hydrogens (tertiary/aromatic N) is 1. The molecule has 0 spiro atoms. The second kappa shape index (κ2) is 4.90. The summed E-state index contributed by atoms with van der Waals surface area (Å²) in [6.07, 6.45) is 1.15. The number of carbonyl (C=O) groups is 1. The summed E-state index contributed by atoms with van der Waals surface area (Å²) < 4.78 is 0. The van der Waals surface area contributed by atoms with Crippen molar-refractivity contribution in [2.24, 2.45) is 0 Å². The molecule has 0 unspecified atom stereocenters. The highest BCUT2D eigenvalue weighted by Crippen LogP contribution is 2.12. The van der Waals surface area contributed by atoms with Gasteiger partial charge in [0.15, 0.2) is 0 Å². The summed E-state index contributed by atoms with van der Waals surface area (Å²) >= 11 is 0. The number of hydrogen-bond acceptors (Lipinski definition) is 3. The van der Waals surface area contributed by atoms with Crippen molar-refractivity contribution in [3.8, 4) is 0 Å². The standard InChI is InChI=1S/C10H10N2O3/c1-2-10(13)11-7-8-4-3-5-9(6-8)12(14)15/h2-6H,1,7H2,(H,11,13). The molecule has 0 radical (unpaired) electrons. The van der Waals surface area contributed by atoms with Crippen molar-refractivity contribution in [3.05, 3.63) is 52.6 Å². The molecule has 0 aromatic heterocycles. The Morgan fingerprint density at radius 2 is 2.33 bits per heavy atom. The first-order valence-corrected chi connectivity index (χ1v) is 4.27. The molecule has 78 valence electrons. The van der Waals surface area contributed by atoms with E-state index in [1.165, 1.54) is 12.1 Å². The average Bonchev–Trinajstić information content (AvgIpc) is 2.26. The molecule has 0 aliphatic carbocycles. The fourth-order valence-electron chi connectivity index (χ4n) is 1.04. The molecule has 15 heavy (non-hydrogen) atoms. The van der Waals surface area contributed by atoms with E-state index >= 15 is 0 Å². The monoisotopic (exact) mass is 206 g/mol. The summed E-state index contributed by atoms with van der Waals surface area (Å²) in [6.45, 7) is 3.55. The summed E-state index contributed by atoms with van der Waals surface area (Å²) in [4.78, 5) is 20.8. The van der Waals surface area contributed by atoms with Crippen LogP contribution in [0.25, 0.3) is 0 Å². The Labute approximate surface area is 86.6 Å². The van der Waals surface area contributed by atoms with E-state index in [9.17, 15) is 14.9 Å². The number of amides is 1. The van der Waals surface area contributed by atoms with Crippen molar-refractivity contribution in [3.63, 3.8) is 0 Å². The Balaban J connectivity index is 2.69. The van der Waals surface area contributed by atoms with Crippen LogP contribution in [0, 0.1) is 10.1 Å². The van der Waals surface area contributed by atoms with Gasteiger partial charge in [0.25, 0.3) is 5.69 Å². The molecule has 1 amide bonds. The Morgan fingerprint density at radius 3 is 2.93 bits per heavy atom. The van der Waals surface area contributed by atoms with E-state index in [-0.39, 0.29) is 18.1 Å². The van der Waals surface area contributed by atoms with E-state index in [0.717, 1.165) is 6.08 Å². The Kier molecular flexibility index (Phi) is 3.56. The third-order valence-electron chi connectivity index (χ3n) is 1.77. The zero-order valence-electron chi connectivity index (χ0n) is 7.97. The van der Waals surface area contributed by atoms with Crippen LogP contribution in [-0.4, -0.2) is 10.8 Å². The molecule has 5 heteroatoms. The molecule has 0 heterocycles. The number of hydrogen-bond donors (Lipinski definition) is 1. The van der Waals surface area contributed by atoms with E-state index in [2.05, 4.69) is 11.9 Å². The van der Waals surface area contributed by atoms with Gasteiger partial charge in [0.1, 0.15) is 0 Å². The minimum absolute atomic E-state index is 0.0142. The molecule has 1 aromatic carbocycles. The lowest BCUT2D eigenvalue weighted by Crippen LogP contribution is -2.19. The minimum Gasteiger partial charge on any atom is -0.348 e. The fraction of sp³-hybridized carbons (Fsp3) is 0.100. The molecule has 1 N–H and O–H groups in total. The highest BCUT2D eigenvalue weighted by atomic mass is 16.6. The number of nitro benzene ring substituents is 1. The van der Waals surface area contributed by atoms with Gasteiger partial charge in [0, 0.05) is 18.7 Å². The second-order valence-corrected chi connectivity index (χ2v) is 2.85. The largest absolute Gasteiger partial charge is 0.348 e. The van der Waals surface area contributed by atoms with E-state index in [1.807, 2.05) is 0 Å². The predicted molar refractivity (Wildman–Crippen MR) is 55.1 cm³/mol. The lowest BCUT2D eigenvalue weighted by molar-refractivity contribution is -0.384. The third-order valence-corrected chi connectivity index (χ3v) is 1.77. The Hall–Kier alpha value is -2.17. The van der Waals surface area contributed by atoms with E-state index in [0.29, 0.717) is 5.56 Å². The highest BCUT2D eigenvalue weighted by Gasteiger charge is 2.05. The van der Waals surface area contributed by atoms with Crippen LogP contribution < -0.4 is 5.32 Å². The first-order valence-electron chi connectivity index (χ1n) is 4.27. The zero-order chi connectivity index (χ0) is 11.3. The normalized spacial score (nSPS) is 9.33. The molecule has 1 aromatic rings. The van der Waals surface area contributed by atoms with Gasteiger partial charge in [-0.1, -0.05) is 18.7 Å². The van der Waals surface area contributed by atoms with Crippen LogP contribution in [0.2, 0.25) is 0 Å². The molecule has 5 nitrogen and oxygen atoms in total. The SMILES string of the molecule is C=CC(=O)NCc1cccc([N+](=O)[O-])c1. The molecule has 0 saturated heterocycles. The lowest BCUT2D eigenvalue weighted by Gasteiger charge is -2.01. The molecule has 0 aliphatic rings. The summed E-state index contributed by atoms with van der Waals surface area (Å²) in [5.74, 6) is -0.304. The summed E-state index contributed by atoms with van der Waals surface area (Å²) in [5, 5.41) is 13.0. The number of carbonyl (C=O) groups excluding carboxylic acids is 1. The maximum absolute atomic E-state index is 10.8. The molecular formula is C10H10N2O3. The maximum Gasteiger partial charge on any atom is 0.269 e. The van der Waals surface area contributed by atoms with Gasteiger partial charge in [-0.15, -0.1) is 0 Å². The van der Waals surface area contributed by atoms with E-state index in [1.54, 1.807) is 12.1 Å². The molecule has 1 rings (SSSR count). The van der Waals surface area contributed by atoms with Crippen molar-refractivity contribution in [2.75, 3.05) is 0 Å². The van der Waals surface area contributed by atoms with Gasteiger partial charge >= 0.3 is 0 Å². The lowest BCUT2D eigenvalue weighted by atomic mass is 10.2. The number of rotatable bonds is 4. The smallest absolute Gasteiger partial charge is 0.269 e. The van der Waals surface area contributed by atoms with Crippen molar-refractivity contribution < 1.29 is 9.72 Å². The van der Waals surface area contributed by atoms with Gasteiger partial charge in [-0.25, -0.2) is 0 Å². The number of nitro groups is 1. The van der Waals surface area contributed by atoms with Crippen molar-refractivity contribution in [1.82, 2.24) is 5.32 Å². The summed E-state index contributed by atoms with van der Waals surface area (Å²) in [6, 6.07) is 6.10. The molecule has 0 aliphatic heterocycles. The van der Waals surface area contributed by atoms with Gasteiger partial charge in [0.2, 0.25) is 5.91 Å². The quantitative estimate of drug-likeness (QED) is 0.459. The Bertz CT molecular complexity index is 401. The minimum atomic E-state index is -0.473. The molecule has 0 atom stereocenters. The van der Waals surface area contributed by atoms with Gasteiger partial charge < -0.3 is 5.32 Å². The van der Waals surface area contributed by atoms with Crippen LogP contribution in [-0.2, 0) is 11.3 Å². The first kappa shape index (κ1) is 10.9. The van der Waals surface area contributed by atoms with Crippen molar-refractivity contribution >= 4 is 11.6 Å². The Morgan fingerprint density at radius 1 is 1.60 bits per heavy atom. The summed E-state index contributed by atoms with van der Waals surface area (Å²) in [5.41, 5.74) is 0.694. The zero-order valence-corrected chi connectivity index (χ0v) is 7.97. The van der Waals surface area contributed by atoms with Crippen LogP contribution in [0.5, 0.6) is 0 Å². The van der Waals surface area contributed by atoms with Gasteiger partial charge in [0.05, 0.1) is 4.92 Å². The number of nitrogens with one attached hydrogen (secondary N) is 1.